The van der Waals surface area contributed by atoms with Gasteiger partial charge in [0, 0.05) is 0 Å². The van der Waals surface area contributed by atoms with Crippen molar-refractivity contribution in [2.24, 2.45) is 0 Å². The summed E-state index contributed by atoms with van der Waals surface area (Å²) in [4.78, 5) is 12.3. The van der Waals surface area contributed by atoms with Crippen LogP contribution in [0.2, 0.25) is 5.02 Å². The highest BCUT2D eigenvalue weighted by molar-refractivity contribution is 8.26. The summed E-state index contributed by atoms with van der Waals surface area (Å²) in [5.74, 6) is 1.45. The van der Waals surface area contributed by atoms with Gasteiger partial charge in [0.25, 0.3) is 5.91 Å². The lowest BCUT2D eigenvalue weighted by Gasteiger charge is -2.14. The summed E-state index contributed by atoms with van der Waals surface area (Å²) >= 11 is 12.5. The smallest absolute Gasteiger partial charge is 0.263 e. The fourth-order valence-corrected chi connectivity index (χ4v) is 3.67. The van der Waals surface area contributed by atoms with Gasteiger partial charge in [0.05, 0.1) is 17.0 Å². The van der Waals surface area contributed by atoms with Gasteiger partial charge < -0.3 is 19.5 Å². The number of carbonyl (C=O) groups is 1. The zero-order valence-electron chi connectivity index (χ0n) is 14.4. The van der Waals surface area contributed by atoms with Crippen molar-refractivity contribution in [1.82, 2.24) is 5.32 Å². The number of amides is 1. The minimum Gasteiger partial charge on any atom is -0.493 e. The molecule has 1 heterocycles. The molecule has 2 aromatic rings. The van der Waals surface area contributed by atoms with E-state index in [0.717, 1.165) is 5.75 Å². The number of ether oxygens (including phenoxy) is 3. The van der Waals surface area contributed by atoms with Gasteiger partial charge in [0.1, 0.15) is 23.3 Å². The van der Waals surface area contributed by atoms with Gasteiger partial charge in [-0.1, -0.05) is 53.8 Å². The molecule has 1 N–H and O–H groups in total. The number of thioether (sulfide) groups is 1. The van der Waals surface area contributed by atoms with Crippen molar-refractivity contribution in [3.05, 3.63) is 58.0 Å². The Balaban J connectivity index is 1.68. The van der Waals surface area contributed by atoms with E-state index >= 15 is 0 Å². The fraction of sp³-hybridized carbons (Fsp3) is 0.158. The summed E-state index contributed by atoms with van der Waals surface area (Å²) < 4.78 is 17.1. The zero-order chi connectivity index (χ0) is 19.2. The van der Waals surface area contributed by atoms with Gasteiger partial charge in [-0.25, -0.2) is 0 Å². The molecule has 1 amide bonds. The minimum atomic E-state index is -0.224. The van der Waals surface area contributed by atoms with Crippen LogP contribution in [0, 0.1) is 0 Å². The van der Waals surface area contributed by atoms with Gasteiger partial charge in [0.15, 0.2) is 11.5 Å². The number of nitrogens with one attached hydrogen (secondary N) is 1. The molecule has 3 rings (SSSR count). The number of carbonyl (C=O) groups excluding carboxylic acids is 1. The Morgan fingerprint density at radius 1 is 1.19 bits per heavy atom. The average molecular weight is 422 g/mol. The quantitative estimate of drug-likeness (QED) is 0.408. The van der Waals surface area contributed by atoms with E-state index in [0.29, 0.717) is 44.5 Å². The first kappa shape index (κ1) is 19.5. The predicted molar refractivity (Wildman–Crippen MR) is 112 cm³/mol. The van der Waals surface area contributed by atoms with Gasteiger partial charge in [-0.2, -0.15) is 0 Å². The number of rotatable bonds is 7. The SMILES string of the molecule is COc1cc(C=C2SC(=S)NC2=O)cc(Cl)c1OCCOc1ccccc1. The minimum absolute atomic E-state index is 0.224. The van der Waals surface area contributed by atoms with Crippen LogP contribution in [0.3, 0.4) is 0 Å². The number of methoxy groups -OCH3 is 1. The highest BCUT2D eigenvalue weighted by Crippen LogP contribution is 2.38. The molecule has 0 radical (unpaired) electrons. The van der Waals surface area contributed by atoms with Crippen molar-refractivity contribution >= 4 is 51.9 Å². The summed E-state index contributed by atoms with van der Waals surface area (Å²) in [5, 5.41) is 2.96. The van der Waals surface area contributed by atoms with Crippen molar-refractivity contribution in [2.45, 2.75) is 0 Å². The number of thiocarbonyl (C=S) groups is 1. The molecule has 0 unspecified atom stereocenters. The summed E-state index contributed by atoms with van der Waals surface area (Å²) in [7, 11) is 1.53. The third-order valence-electron chi connectivity index (χ3n) is 3.53. The lowest BCUT2D eigenvalue weighted by Crippen LogP contribution is -2.17. The van der Waals surface area contributed by atoms with Crippen LogP contribution < -0.4 is 19.5 Å². The third kappa shape index (κ3) is 5.15. The van der Waals surface area contributed by atoms with Crippen molar-refractivity contribution in [2.75, 3.05) is 20.3 Å². The molecule has 0 spiro atoms. The van der Waals surface area contributed by atoms with E-state index in [1.54, 1.807) is 18.2 Å². The number of hydrogen-bond acceptors (Lipinski definition) is 6. The molecule has 5 nitrogen and oxygen atoms in total. The van der Waals surface area contributed by atoms with E-state index in [4.69, 9.17) is 38.0 Å². The zero-order valence-corrected chi connectivity index (χ0v) is 16.7. The molecule has 1 fully saturated rings. The first-order valence-corrected chi connectivity index (χ1v) is 9.60. The molecular weight excluding hydrogens is 406 g/mol. The summed E-state index contributed by atoms with van der Waals surface area (Å²) in [6, 6.07) is 12.9. The lowest BCUT2D eigenvalue weighted by molar-refractivity contribution is -0.115. The molecule has 0 aliphatic carbocycles. The maximum Gasteiger partial charge on any atom is 0.263 e. The second kappa shape index (κ2) is 9.12. The van der Waals surface area contributed by atoms with Crippen LogP contribution in [0.15, 0.2) is 47.4 Å². The van der Waals surface area contributed by atoms with Gasteiger partial charge in [0.2, 0.25) is 0 Å². The van der Waals surface area contributed by atoms with Crippen LogP contribution in [-0.4, -0.2) is 30.6 Å². The molecule has 27 heavy (non-hydrogen) atoms. The van der Waals surface area contributed by atoms with E-state index < -0.39 is 0 Å². The predicted octanol–water partition coefficient (Wildman–Crippen LogP) is 4.30. The number of para-hydroxylation sites is 1. The van der Waals surface area contributed by atoms with E-state index in [1.807, 2.05) is 30.3 Å². The summed E-state index contributed by atoms with van der Waals surface area (Å²) in [6.07, 6.45) is 1.70. The first-order chi connectivity index (χ1) is 13.1. The number of halogens is 1. The van der Waals surface area contributed by atoms with E-state index in [-0.39, 0.29) is 5.91 Å². The van der Waals surface area contributed by atoms with Crippen LogP contribution >= 0.6 is 35.6 Å². The molecule has 0 aromatic heterocycles. The lowest BCUT2D eigenvalue weighted by atomic mass is 10.2. The van der Waals surface area contributed by atoms with Gasteiger partial charge >= 0.3 is 0 Å². The van der Waals surface area contributed by atoms with Crippen molar-refractivity contribution in [3.8, 4) is 17.2 Å². The van der Waals surface area contributed by atoms with Crippen molar-refractivity contribution < 1.29 is 19.0 Å². The summed E-state index contributed by atoms with van der Waals surface area (Å²) in [5.41, 5.74) is 0.715. The Labute approximate surface area is 171 Å². The average Bonchev–Trinajstić information content (AvgIpc) is 2.97. The molecule has 140 valence electrons. The molecule has 0 saturated carbocycles. The first-order valence-electron chi connectivity index (χ1n) is 8.00. The topological polar surface area (TPSA) is 56.8 Å². The monoisotopic (exact) mass is 421 g/mol. The standard InChI is InChI=1S/C19H16ClNO4S2/c1-23-15-10-12(11-16-18(22)21-19(26)27-16)9-14(20)17(15)25-8-7-24-13-5-3-2-4-6-13/h2-6,9-11H,7-8H2,1H3,(H,21,22,26). The van der Waals surface area contributed by atoms with Crippen molar-refractivity contribution in [3.63, 3.8) is 0 Å². The van der Waals surface area contributed by atoms with Crippen molar-refractivity contribution in [1.29, 1.82) is 0 Å². The van der Waals surface area contributed by atoms with E-state index in [9.17, 15) is 4.79 Å². The molecule has 8 heteroatoms. The Bertz CT molecular complexity index is 887. The normalized spacial score (nSPS) is 15.0. The molecule has 0 atom stereocenters. The molecule has 1 aliphatic heterocycles. The number of benzene rings is 2. The maximum absolute atomic E-state index is 11.8. The molecular formula is C19H16ClNO4S2. The van der Waals surface area contributed by atoms with Gasteiger partial charge in [-0.15, -0.1) is 0 Å². The molecule has 0 bridgehead atoms. The van der Waals surface area contributed by atoms with Crippen LogP contribution in [0.25, 0.3) is 6.08 Å². The molecule has 1 aliphatic rings. The van der Waals surface area contributed by atoms with Crippen LogP contribution in [0.5, 0.6) is 17.2 Å². The second-order valence-corrected chi connectivity index (χ2v) is 7.52. The van der Waals surface area contributed by atoms with E-state index in [2.05, 4.69) is 5.32 Å². The Kier molecular flexibility index (Phi) is 6.60. The van der Waals surface area contributed by atoms with Gasteiger partial charge in [-0.05, 0) is 35.9 Å². The van der Waals surface area contributed by atoms with Crippen LogP contribution in [0.1, 0.15) is 5.56 Å². The third-order valence-corrected chi connectivity index (χ3v) is 4.98. The Morgan fingerprint density at radius 3 is 2.59 bits per heavy atom. The highest BCUT2D eigenvalue weighted by atomic mass is 35.5. The number of hydrogen-bond donors (Lipinski definition) is 1. The highest BCUT2D eigenvalue weighted by Gasteiger charge is 2.22. The molecule has 2 aromatic carbocycles. The van der Waals surface area contributed by atoms with Crippen LogP contribution in [-0.2, 0) is 4.79 Å². The fourth-order valence-electron chi connectivity index (χ4n) is 2.36. The maximum atomic E-state index is 11.8. The summed E-state index contributed by atoms with van der Waals surface area (Å²) in [6.45, 7) is 0.668. The Hall–Kier alpha value is -2.22. The van der Waals surface area contributed by atoms with E-state index in [1.165, 1.54) is 18.9 Å². The van der Waals surface area contributed by atoms with Gasteiger partial charge in [-0.3, -0.25) is 4.79 Å². The molecule has 1 saturated heterocycles. The largest absolute Gasteiger partial charge is 0.493 e. The second-order valence-electron chi connectivity index (χ2n) is 5.40. The Morgan fingerprint density at radius 2 is 1.93 bits per heavy atom. The van der Waals surface area contributed by atoms with Crippen LogP contribution in [0.4, 0.5) is 0 Å².